The summed E-state index contributed by atoms with van der Waals surface area (Å²) in [6, 6.07) is 21.9. The van der Waals surface area contributed by atoms with Gasteiger partial charge >= 0.3 is 0 Å². The fourth-order valence-electron chi connectivity index (χ4n) is 2.19. The summed E-state index contributed by atoms with van der Waals surface area (Å²) < 4.78 is 0. The Bertz CT molecular complexity index is 407. The second kappa shape index (κ2) is 5.71. The van der Waals surface area contributed by atoms with Crippen LogP contribution < -0.4 is 10.6 Å². The highest BCUT2D eigenvalue weighted by Crippen LogP contribution is 2.66. The molecule has 2 aromatic rings. The minimum atomic E-state index is -1.25. The molecule has 0 aliphatic rings. The van der Waals surface area contributed by atoms with Gasteiger partial charge in [0, 0.05) is 0 Å². The minimum Gasteiger partial charge on any atom is -0.133 e. The van der Waals surface area contributed by atoms with Gasteiger partial charge in [0.15, 0.2) is 0 Å². The largest absolute Gasteiger partial charge is 0.133 e. The van der Waals surface area contributed by atoms with E-state index in [1.54, 1.807) is 0 Å². The van der Waals surface area contributed by atoms with Crippen LogP contribution in [0, 0.1) is 0 Å². The highest BCUT2D eigenvalue weighted by atomic mass is 32.7. The molecule has 0 spiro atoms. The van der Waals surface area contributed by atoms with E-state index in [0.717, 1.165) is 0 Å². The molecule has 0 nitrogen and oxygen atoms in total. The van der Waals surface area contributed by atoms with Gasteiger partial charge in [0.25, 0.3) is 0 Å². The van der Waals surface area contributed by atoms with Gasteiger partial charge < -0.3 is 0 Å². The van der Waals surface area contributed by atoms with Crippen LogP contribution in [0.2, 0.25) is 0 Å². The molecule has 17 heavy (non-hydrogen) atoms. The Kier molecular flexibility index (Phi) is 4.25. The summed E-state index contributed by atoms with van der Waals surface area (Å²) in [4.78, 5) is 0. The molecule has 0 aliphatic heterocycles. The van der Waals surface area contributed by atoms with Crippen molar-refractivity contribution in [1.29, 1.82) is 0 Å². The van der Waals surface area contributed by atoms with Crippen molar-refractivity contribution in [3.63, 3.8) is 0 Å². The number of hydrogen-bond acceptors (Lipinski definition) is 1. The van der Waals surface area contributed by atoms with E-state index in [2.05, 4.69) is 73.8 Å². The van der Waals surface area contributed by atoms with Gasteiger partial charge in [0.2, 0.25) is 0 Å². The molecule has 0 heterocycles. The van der Waals surface area contributed by atoms with Gasteiger partial charge in [0.1, 0.15) is 0 Å². The monoisotopic (exact) mass is 261 g/mol. The van der Waals surface area contributed by atoms with Crippen molar-refractivity contribution < 1.29 is 0 Å². The van der Waals surface area contributed by atoms with E-state index in [1.807, 2.05) is 11.4 Å². The third-order valence-electron chi connectivity index (χ3n) is 3.10. The lowest BCUT2D eigenvalue weighted by Gasteiger charge is -2.34. The summed E-state index contributed by atoms with van der Waals surface area (Å²) in [5.74, 6) is 0. The van der Waals surface area contributed by atoms with Crippen molar-refractivity contribution >= 4 is 28.5 Å². The van der Waals surface area contributed by atoms with Gasteiger partial charge in [0.05, 0.1) is 0 Å². The SMILES string of the molecule is CC[P](SC)(c1ccccc1)c1ccccc1. The third-order valence-corrected chi connectivity index (χ3v) is 10.8. The Hall–Kier alpha value is -0.780. The second-order valence-electron chi connectivity index (χ2n) is 3.91. The van der Waals surface area contributed by atoms with E-state index in [4.69, 9.17) is 0 Å². The Morgan fingerprint density at radius 3 is 1.53 bits per heavy atom. The fraction of sp³-hybridized carbons (Fsp3) is 0.200. The molecule has 0 atom stereocenters. The summed E-state index contributed by atoms with van der Waals surface area (Å²) in [5.41, 5.74) is 0. The fourth-order valence-corrected chi connectivity index (χ4v) is 7.98. The topological polar surface area (TPSA) is 0 Å². The maximum absolute atomic E-state index is 2.31. The summed E-state index contributed by atoms with van der Waals surface area (Å²) >= 11 is 2.03. The summed E-state index contributed by atoms with van der Waals surface area (Å²) in [7, 11) is 0. The average molecular weight is 261 g/mol. The Morgan fingerprint density at radius 1 is 0.824 bits per heavy atom. The molecule has 0 saturated carbocycles. The van der Waals surface area contributed by atoms with E-state index in [1.165, 1.54) is 16.8 Å². The maximum Gasteiger partial charge on any atom is -0.0139 e. The van der Waals surface area contributed by atoms with Crippen LogP contribution in [0.3, 0.4) is 0 Å². The first-order valence-electron chi connectivity index (χ1n) is 5.88. The zero-order valence-corrected chi connectivity index (χ0v) is 12.0. The molecule has 0 aromatic heterocycles. The lowest BCUT2D eigenvalue weighted by Crippen LogP contribution is -2.21. The number of hydrogen-bond donors (Lipinski definition) is 0. The standard InChI is InChI=1S/C15H18PS/c1-3-16(17-2,14-10-6-4-7-11-14)15-12-8-5-9-13-15/h4-13H,3H2,1-2H3. The van der Waals surface area contributed by atoms with Crippen LogP contribution in [0.5, 0.6) is 0 Å². The van der Waals surface area contributed by atoms with Gasteiger partial charge in [-0.15, -0.1) is 11.4 Å². The van der Waals surface area contributed by atoms with Crippen LogP contribution in [-0.4, -0.2) is 12.4 Å². The van der Waals surface area contributed by atoms with Gasteiger partial charge in [-0.05, 0) is 29.5 Å². The Balaban J connectivity index is 2.54. The highest BCUT2D eigenvalue weighted by Gasteiger charge is 2.28. The molecule has 89 valence electrons. The first-order chi connectivity index (χ1) is 8.33. The van der Waals surface area contributed by atoms with E-state index in [0.29, 0.717) is 0 Å². The molecule has 2 heteroatoms. The molecule has 0 saturated heterocycles. The molecule has 0 N–H and O–H groups in total. The maximum atomic E-state index is 2.31. The molecule has 0 bridgehead atoms. The summed E-state index contributed by atoms with van der Waals surface area (Å²) in [6.07, 6.45) is 3.46. The zero-order chi connectivity index (χ0) is 12.1. The molecule has 0 fully saturated rings. The number of benzene rings is 2. The first-order valence-corrected chi connectivity index (χ1v) is 9.69. The van der Waals surface area contributed by atoms with Crippen molar-refractivity contribution in [3.05, 3.63) is 60.7 Å². The van der Waals surface area contributed by atoms with Crippen molar-refractivity contribution in [2.45, 2.75) is 6.92 Å². The van der Waals surface area contributed by atoms with Crippen molar-refractivity contribution in [1.82, 2.24) is 0 Å². The van der Waals surface area contributed by atoms with Crippen LogP contribution in [0.15, 0.2) is 60.7 Å². The van der Waals surface area contributed by atoms with Crippen LogP contribution in [0.25, 0.3) is 0 Å². The quantitative estimate of drug-likeness (QED) is 0.751. The van der Waals surface area contributed by atoms with Gasteiger partial charge in [-0.25, -0.2) is 0 Å². The van der Waals surface area contributed by atoms with E-state index >= 15 is 0 Å². The highest BCUT2D eigenvalue weighted by molar-refractivity contribution is 8.66. The third kappa shape index (κ3) is 2.41. The molecule has 0 aliphatic carbocycles. The minimum absolute atomic E-state index is 1.21. The van der Waals surface area contributed by atoms with Crippen LogP contribution in [0.1, 0.15) is 6.92 Å². The molecule has 0 unspecified atom stereocenters. The zero-order valence-electron chi connectivity index (χ0n) is 10.3. The van der Waals surface area contributed by atoms with Crippen LogP contribution in [-0.2, 0) is 0 Å². The summed E-state index contributed by atoms with van der Waals surface area (Å²) in [6.45, 7) is 1.06. The second-order valence-corrected chi connectivity index (χ2v) is 10.4. The van der Waals surface area contributed by atoms with Gasteiger partial charge in [-0.3, -0.25) is 0 Å². The van der Waals surface area contributed by atoms with Crippen molar-refractivity contribution in [3.8, 4) is 0 Å². The van der Waals surface area contributed by atoms with Crippen molar-refractivity contribution in [2.24, 2.45) is 0 Å². The van der Waals surface area contributed by atoms with E-state index in [-0.39, 0.29) is 0 Å². The molecule has 1 radical (unpaired) electrons. The van der Waals surface area contributed by atoms with Gasteiger partial charge in [-0.1, -0.05) is 67.6 Å². The Labute approximate surface area is 109 Å². The first kappa shape index (κ1) is 12.7. The molecule has 2 rings (SSSR count). The predicted molar refractivity (Wildman–Crippen MR) is 83.1 cm³/mol. The van der Waals surface area contributed by atoms with Gasteiger partial charge in [-0.2, -0.15) is 0 Å². The Morgan fingerprint density at radius 2 is 1.24 bits per heavy atom. The van der Waals surface area contributed by atoms with Crippen LogP contribution >= 0.6 is 17.8 Å². The molecule has 2 aromatic carbocycles. The van der Waals surface area contributed by atoms with Crippen LogP contribution in [0.4, 0.5) is 0 Å². The normalized spacial score (nSPS) is 11.4. The number of rotatable bonds is 4. The van der Waals surface area contributed by atoms with E-state index < -0.39 is 6.46 Å². The van der Waals surface area contributed by atoms with E-state index in [9.17, 15) is 0 Å². The predicted octanol–water partition coefficient (Wildman–Crippen LogP) is 3.95. The average Bonchev–Trinajstić information content (AvgIpc) is 2.43. The molecular formula is C15H18PS. The summed E-state index contributed by atoms with van der Waals surface area (Å²) in [5, 5.41) is 3.00. The van der Waals surface area contributed by atoms with Crippen molar-refractivity contribution in [2.75, 3.05) is 12.4 Å². The molecular weight excluding hydrogens is 243 g/mol. The lowest BCUT2D eigenvalue weighted by atomic mass is 10.4. The molecule has 0 amide bonds. The lowest BCUT2D eigenvalue weighted by molar-refractivity contribution is 1.50. The smallest absolute Gasteiger partial charge is 0.0139 e.